The first kappa shape index (κ1) is 15.5. The van der Waals surface area contributed by atoms with Gasteiger partial charge in [0.15, 0.2) is 0 Å². The lowest BCUT2D eigenvalue weighted by molar-refractivity contribution is 0.0857. The SMILES string of the molecule is CNC(COCCCc1ccccc1)C1CCCCC1. The van der Waals surface area contributed by atoms with Crippen LogP contribution in [0.3, 0.4) is 0 Å². The quantitative estimate of drug-likeness (QED) is 0.729. The number of aryl methyl sites for hydroxylation is 1. The van der Waals surface area contributed by atoms with Gasteiger partial charge in [-0.05, 0) is 44.2 Å². The minimum Gasteiger partial charge on any atom is -0.380 e. The van der Waals surface area contributed by atoms with Crippen LogP contribution in [0.2, 0.25) is 0 Å². The van der Waals surface area contributed by atoms with Crippen LogP contribution < -0.4 is 5.32 Å². The molecule has 1 aromatic carbocycles. The second-order valence-electron chi connectivity index (χ2n) is 5.96. The Morgan fingerprint density at radius 2 is 1.90 bits per heavy atom. The Kier molecular flexibility index (Phi) is 7.10. The van der Waals surface area contributed by atoms with Gasteiger partial charge < -0.3 is 10.1 Å². The molecule has 1 aliphatic carbocycles. The molecule has 0 heterocycles. The Morgan fingerprint density at radius 1 is 1.15 bits per heavy atom. The van der Waals surface area contributed by atoms with E-state index < -0.39 is 0 Å². The predicted molar refractivity (Wildman–Crippen MR) is 85.0 cm³/mol. The van der Waals surface area contributed by atoms with E-state index in [1.165, 1.54) is 37.7 Å². The maximum absolute atomic E-state index is 5.90. The monoisotopic (exact) mass is 275 g/mol. The molecular formula is C18H29NO. The van der Waals surface area contributed by atoms with E-state index in [0.29, 0.717) is 6.04 Å². The van der Waals surface area contributed by atoms with E-state index >= 15 is 0 Å². The first-order valence-electron chi connectivity index (χ1n) is 8.19. The molecule has 2 heteroatoms. The van der Waals surface area contributed by atoms with Gasteiger partial charge in [-0.2, -0.15) is 0 Å². The summed E-state index contributed by atoms with van der Waals surface area (Å²) < 4.78 is 5.90. The topological polar surface area (TPSA) is 21.3 Å². The van der Waals surface area contributed by atoms with Gasteiger partial charge in [-0.3, -0.25) is 0 Å². The summed E-state index contributed by atoms with van der Waals surface area (Å²) in [6, 6.07) is 11.2. The first-order valence-corrected chi connectivity index (χ1v) is 8.19. The summed E-state index contributed by atoms with van der Waals surface area (Å²) in [6.45, 7) is 1.75. The van der Waals surface area contributed by atoms with Crippen LogP contribution >= 0.6 is 0 Å². The lowest BCUT2D eigenvalue weighted by Gasteiger charge is -2.29. The maximum atomic E-state index is 5.90. The van der Waals surface area contributed by atoms with E-state index in [1.54, 1.807) is 0 Å². The second-order valence-corrected chi connectivity index (χ2v) is 5.96. The summed E-state index contributed by atoms with van der Waals surface area (Å²) in [5, 5.41) is 3.46. The molecule has 0 amide bonds. The van der Waals surface area contributed by atoms with Gasteiger partial charge in [0.1, 0.15) is 0 Å². The third kappa shape index (κ3) is 5.26. The predicted octanol–water partition coefficient (Wildman–Crippen LogP) is 3.80. The maximum Gasteiger partial charge on any atom is 0.0622 e. The highest BCUT2D eigenvalue weighted by Crippen LogP contribution is 2.26. The second kappa shape index (κ2) is 9.15. The molecule has 1 N–H and O–H groups in total. The zero-order chi connectivity index (χ0) is 14.0. The van der Waals surface area contributed by atoms with Gasteiger partial charge in [0.25, 0.3) is 0 Å². The molecule has 1 unspecified atom stereocenters. The Balaban J connectivity index is 1.59. The van der Waals surface area contributed by atoms with Gasteiger partial charge in [0.2, 0.25) is 0 Å². The van der Waals surface area contributed by atoms with Crippen LogP contribution in [0.25, 0.3) is 0 Å². The molecule has 0 spiro atoms. The third-order valence-corrected chi connectivity index (χ3v) is 4.48. The highest BCUT2D eigenvalue weighted by molar-refractivity contribution is 5.14. The smallest absolute Gasteiger partial charge is 0.0622 e. The number of ether oxygens (including phenoxy) is 1. The van der Waals surface area contributed by atoms with Crippen molar-refractivity contribution in [3.63, 3.8) is 0 Å². The average Bonchev–Trinajstić information content (AvgIpc) is 2.53. The van der Waals surface area contributed by atoms with Gasteiger partial charge in [0, 0.05) is 12.6 Å². The summed E-state index contributed by atoms with van der Waals surface area (Å²) in [4.78, 5) is 0. The zero-order valence-corrected chi connectivity index (χ0v) is 12.8. The van der Waals surface area contributed by atoms with E-state index in [2.05, 4.69) is 42.7 Å². The van der Waals surface area contributed by atoms with Crippen molar-refractivity contribution in [1.29, 1.82) is 0 Å². The third-order valence-electron chi connectivity index (χ3n) is 4.48. The number of hydrogen-bond donors (Lipinski definition) is 1. The average molecular weight is 275 g/mol. The van der Waals surface area contributed by atoms with Crippen LogP contribution in [-0.2, 0) is 11.2 Å². The van der Waals surface area contributed by atoms with Crippen molar-refractivity contribution >= 4 is 0 Å². The van der Waals surface area contributed by atoms with E-state index in [-0.39, 0.29) is 0 Å². The van der Waals surface area contributed by atoms with Crippen molar-refractivity contribution in [1.82, 2.24) is 5.32 Å². The number of rotatable bonds is 8. The molecule has 0 bridgehead atoms. The fourth-order valence-corrected chi connectivity index (χ4v) is 3.22. The zero-order valence-electron chi connectivity index (χ0n) is 12.8. The largest absolute Gasteiger partial charge is 0.380 e. The molecular weight excluding hydrogens is 246 g/mol. The molecule has 2 rings (SSSR count). The molecule has 0 saturated heterocycles. The lowest BCUT2D eigenvalue weighted by Crippen LogP contribution is -2.38. The van der Waals surface area contributed by atoms with Gasteiger partial charge in [-0.25, -0.2) is 0 Å². The van der Waals surface area contributed by atoms with E-state index in [0.717, 1.165) is 32.0 Å². The Hall–Kier alpha value is -0.860. The highest BCUT2D eigenvalue weighted by atomic mass is 16.5. The molecule has 0 aromatic heterocycles. The van der Waals surface area contributed by atoms with Crippen molar-refractivity contribution in [2.24, 2.45) is 5.92 Å². The summed E-state index contributed by atoms with van der Waals surface area (Å²) in [6.07, 6.45) is 9.20. The summed E-state index contributed by atoms with van der Waals surface area (Å²) in [5.41, 5.74) is 1.41. The lowest BCUT2D eigenvalue weighted by atomic mass is 9.84. The normalized spacial score (nSPS) is 18.1. The Bertz CT molecular complexity index is 346. The minimum atomic E-state index is 0.548. The van der Waals surface area contributed by atoms with Crippen molar-refractivity contribution < 1.29 is 4.74 Å². The van der Waals surface area contributed by atoms with Crippen LogP contribution in [0.5, 0.6) is 0 Å². The summed E-state index contributed by atoms with van der Waals surface area (Å²) in [7, 11) is 2.08. The minimum absolute atomic E-state index is 0.548. The van der Waals surface area contributed by atoms with E-state index in [1.807, 2.05) is 0 Å². The molecule has 0 aliphatic heterocycles. The number of benzene rings is 1. The highest BCUT2D eigenvalue weighted by Gasteiger charge is 2.22. The van der Waals surface area contributed by atoms with Gasteiger partial charge in [0.05, 0.1) is 6.61 Å². The summed E-state index contributed by atoms with van der Waals surface area (Å²) >= 11 is 0. The van der Waals surface area contributed by atoms with E-state index in [9.17, 15) is 0 Å². The molecule has 1 saturated carbocycles. The molecule has 2 nitrogen and oxygen atoms in total. The summed E-state index contributed by atoms with van der Waals surface area (Å²) in [5.74, 6) is 0.822. The van der Waals surface area contributed by atoms with Gasteiger partial charge in [-0.15, -0.1) is 0 Å². The van der Waals surface area contributed by atoms with E-state index in [4.69, 9.17) is 4.74 Å². The standard InChI is InChI=1S/C18H29NO/c1-19-18(17-12-6-3-7-13-17)15-20-14-8-11-16-9-4-2-5-10-16/h2,4-5,9-10,17-19H,3,6-8,11-15H2,1H3. The number of nitrogens with one attached hydrogen (secondary N) is 1. The van der Waals surface area contributed by atoms with Gasteiger partial charge in [-0.1, -0.05) is 49.6 Å². The molecule has 1 fully saturated rings. The van der Waals surface area contributed by atoms with Crippen LogP contribution in [0.15, 0.2) is 30.3 Å². The van der Waals surface area contributed by atoms with Crippen LogP contribution in [-0.4, -0.2) is 26.3 Å². The van der Waals surface area contributed by atoms with Crippen molar-refractivity contribution in [3.8, 4) is 0 Å². The van der Waals surface area contributed by atoms with Crippen LogP contribution in [0.1, 0.15) is 44.1 Å². The van der Waals surface area contributed by atoms with Crippen molar-refractivity contribution in [3.05, 3.63) is 35.9 Å². The van der Waals surface area contributed by atoms with Crippen molar-refractivity contribution in [2.45, 2.75) is 51.0 Å². The fourth-order valence-electron chi connectivity index (χ4n) is 3.22. The van der Waals surface area contributed by atoms with Crippen molar-refractivity contribution in [2.75, 3.05) is 20.3 Å². The fraction of sp³-hybridized carbons (Fsp3) is 0.667. The Labute approximate surface area is 123 Å². The molecule has 0 radical (unpaired) electrons. The number of likely N-dealkylation sites (N-methyl/N-ethyl adjacent to an activating group) is 1. The molecule has 20 heavy (non-hydrogen) atoms. The first-order chi connectivity index (χ1) is 9.90. The van der Waals surface area contributed by atoms with Crippen LogP contribution in [0, 0.1) is 5.92 Å². The van der Waals surface area contributed by atoms with Crippen LogP contribution in [0.4, 0.5) is 0 Å². The van der Waals surface area contributed by atoms with Gasteiger partial charge >= 0.3 is 0 Å². The Morgan fingerprint density at radius 3 is 2.60 bits per heavy atom. The molecule has 1 aliphatic rings. The number of hydrogen-bond acceptors (Lipinski definition) is 2. The molecule has 1 atom stereocenters. The molecule has 1 aromatic rings. The molecule has 112 valence electrons.